The lowest BCUT2D eigenvalue weighted by molar-refractivity contribution is 0.600. The number of aryl methyl sites for hydroxylation is 2. The minimum atomic E-state index is -3.79. The summed E-state index contributed by atoms with van der Waals surface area (Å²) in [5.41, 5.74) is 8.29. The molecule has 3 N–H and O–H groups in total. The first-order valence-corrected chi connectivity index (χ1v) is 8.50. The highest BCUT2D eigenvalue weighted by Gasteiger charge is 2.22. The average molecular weight is 370 g/mol. The van der Waals surface area contributed by atoms with Gasteiger partial charge < -0.3 is 5.73 Å². The third-order valence-electron chi connectivity index (χ3n) is 3.25. The molecule has 21 heavy (non-hydrogen) atoms. The van der Waals surface area contributed by atoms with Crippen molar-refractivity contribution in [3.63, 3.8) is 0 Å². The molecule has 0 atom stereocenters. The third-order valence-corrected chi connectivity index (χ3v) is 5.23. The molecule has 0 bridgehead atoms. The van der Waals surface area contributed by atoms with Crippen LogP contribution in [0.25, 0.3) is 0 Å². The van der Waals surface area contributed by atoms with Gasteiger partial charge in [0.25, 0.3) is 10.0 Å². The molecule has 1 aromatic carbocycles. The van der Waals surface area contributed by atoms with E-state index in [1.54, 1.807) is 32.0 Å². The van der Waals surface area contributed by atoms with Crippen LogP contribution < -0.4 is 10.5 Å². The standard InChI is InChI=1S/C14H16BrN3O2S/c1-8-4-5-12(16)13(10(8)3)21(19,20)18-14-9(2)6-11(15)7-17-14/h4-7H,16H2,1-3H3,(H,17,18). The zero-order valence-electron chi connectivity index (χ0n) is 11.9. The lowest BCUT2D eigenvalue weighted by Gasteiger charge is -2.15. The van der Waals surface area contributed by atoms with E-state index >= 15 is 0 Å². The van der Waals surface area contributed by atoms with Gasteiger partial charge in [-0.2, -0.15) is 0 Å². The molecule has 0 spiro atoms. The topological polar surface area (TPSA) is 85.1 Å². The Morgan fingerprint density at radius 1 is 1.19 bits per heavy atom. The van der Waals surface area contributed by atoms with E-state index in [2.05, 4.69) is 25.6 Å². The van der Waals surface area contributed by atoms with Gasteiger partial charge in [-0.15, -0.1) is 0 Å². The lowest BCUT2D eigenvalue weighted by atomic mass is 10.1. The van der Waals surface area contributed by atoms with Crippen molar-refractivity contribution < 1.29 is 8.42 Å². The van der Waals surface area contributed by atoms with E-state index < -0.39 is 10.0 Å². The van der Waals surface area contributed by atoms with E-state index in [1.807, 2.05) is 6.92 Å². The van der Waals surface area contributed by atoms with Crippen LogP contribution in [0.15, 0.2) is 33.8 Å². The van der Waals surface area contributed by atoms with Crippen LogP contribution in [0.5, 0.6) is 0 Å². The monoisotopic (exact) mass is 369 g/mol. The number of nitrogens with two attached hydrogens (primary N) is 1. The Labute approximate surface area is 132 Å². The van der Waals surface area contributed by atoms with E-state index in [9.17, 15) is 8.42 Å². The zero-order valence-corrected chi connectivity index (χ0v) is 14.3. The van der Waals surface area contributed by atoms with Gasteiger partial charge in [-0.3, -0.25) is 4.72 Å². The largest absolute Gasteiger partial charge is 0.398 e. The summed E-state index contributed by atoms with van der Waals surface area (Å²) in [7, 11) is -3.79. The summed E-state index contributed by atoms with van der Waals surface area (Å²) in [6, 6.07) is 5.18. The molecule has 7 heteroatoms. The number of rotatable bonds is 3. The second kappa shape index (κ2) is 5.65. The maximum Gasteiger partial charge on any atom is 0.265 e. The summed E-state index contributed by atoms with van der Waals surface area (Å²) in [5.74, 6) is 0.290. The highest BCUT2D eigenvalue weighted by atomic mass is 79.9. The Morgan fingerprint density at radius 3 is 2.48 bits per heavy atom. The maximum atomic E-state index is 12.6. The number of nitrogen functional groups attached to an aromatic ring is 1. The summed E-state index contributed by atoms with van der Waals surface area (Å²) in [5, 5.41) is 0. The van der Waals surface area contributed by atoms with Crippen LogP contribution in [0, 0.1) is 20.8 Å². The van der Waals surface area contributed by atoms with Gasteiger partial charge in [0.05, 0.1) is 5.69 Å². The second-order valence-electron chi connectivity index (χ2n) is 4.85. The molecule has 1 heterocycles. The summed E-state index contributed by atoms with van der Waals surface area (Å²) >= 11 is 3.29. The molecule has 0 aliphatic rings. The smallest absolute Gasteiger partial charge is 0.265 e. The van der Waals surface area contributed by atoms with Crippen LogP contribution in [0.1, 0.15) is 16.7 Å². The van der Waals surface area contributed by atoms with Crippen LogP contribution in [0.3, 0.4) is 0 Å². The van der Waals surface area contributed by atoms with Gasteiger partial charge in [0, 0.05) is 10.7 Å². The fourth-order valence-corrected chi connectivity index (χ4v) is 3.95. The summed E-state index contributed by atoms with van der Waals surface area (Å²) in [4.78, 5) is 4.20. The van der Waals surface area contributed by atoms with Crippen LogP contribution in [-0.4, -0.2) is 13.4 Å². The molecule has 0 saturated carbocycles. The molecule has 0 radical (unpaired) electrons. The summed E-state index contributed by atoms with van der Waals surface area (Å²) in [6.07, 6.45) is 1.54. The quantitative estimate of drug-likeness (QED) is 0.813. The molecule has 0 aliphatic carbocycles. The molecule has 0 saturated heterocycles. The number of sulfonamides is 1. The number of hydrogen-bond acceptors (Lipinski definition) is 4. The number of halogens is 1. The Kier molecular flexibility index (Phi) is 4.25. The van der Waals surface area contributed by atoms with Crippen molar-refractivity contribution >= 4 is 37.5 Å². The van der Waals surface area contributed by atoms with Gasteiger partial charge in [-0.05, 0) is 65.5 Å². The maximum absolute atomic E-state index is 12.6. The Balaban J connectivity index is 2.51. The van der Waals surface area contributed by atoms with Crippen molar-refractivity contribution in [2.45, 2.75) is 25.7 Å². The first kappa shape index (κ1) is 15.8. The fourth-order valence-electron chi connectivity index (χ4n) is 1.99. The zero-order chi connectivity index (χ0) is 15.8. The van der Waals surface area contributed by atoms with Gasteiger partial charge in [0.1, 0.15) is 10.7 Å². The van der Waals surface area contributed by atoms with Crippen molar-refractivity contribution in [1.29, 1.82) is 0 Å². The first-order valence-electron chi connectivity index (χ1n) is 6.23. The molecule has 0 aliphatic heterocycles. The van der Waals surface area contributed by atoms with E-state index in [0.717, 1.165) is 15.6 Å². The van der Waals surface area contributed by atoms with Gasteiger partial charge >= 0.3 is 0 Å². The molecule has 1 aromatic heterocycles. The normalized spacial score (nSPS) is 11.4. The number of anilines is 2. The van der Waals surface area contributed by atoms with Crippen LogP contribution in [0.2, 0.25) is 0 Å². The predicted molar refractivity (Wildman–Crippen MR) is 87.8 cm³/mol. The number of aromatic nitrogens is 1. The molecule has 2 aromatic rings. The Hall–Kier alpha value is -1.60. The molecule has 5 nitrogen and oxygen atoms in total. The number of pyridine rings is 1. The molecular formula is C14H16BrN3O2S. The second-order valence-corrected chi connectivity index (χ2v) is 7.39. The van der Waals surface area contributed by atoms with E-state index in [1.165, 1.54) is 6.20 Å². The van der Waals surface area contributed by atoms with Crippen LogP contribution in [0.4, 0.5) is 11.5 Å². The third kappa shape index (κ3) is 3.19. The minimum Gasteiger partial charge on any atom is -0.398 e. The van der Waals surface area contributed by atoms with E-state index in [0.29, 0.717) is 11.4 Å². The van der Waals surface area contributed by atoms with Crippen molar-refractivity contribution in [2.24, 2.45) is 0 Å². The van der Waals surface area contributed by atoms with Crippen LogP contribution >= 0.6 is 15.9 Å². The van der Waals surface area contributed by atoms with E-state index in [-0.39, 0.29) is 10.6 Å². The molecule has 0 fully saturated rings. The first-order chi connectivity index (χ1) is 9.72. The Bertz CT molecular complexity index is 804. The minimum absolute atomic E-state index is 0.103. The lowest BCUT2D eigenvalue weighted by Crippen LogP contribution is -2.18. The van der Waals surface area contributed by atoms with Crippen molar-refractivity contribution in [3.05, 3.63) is 45.6 Å². The fraction of sp³-hybridized carbons (Fsp3) is 0.214. The highest BCUT2D eigenvalue weighted by Crippen LogP contribution is 2.28. The van der Waals surface area contributed by atoms with Crippen molar-refractivity contribution in [3.8, 4) is 0 Å². The number of hydrogen-bond donors (Lipinski definition) is 2. The predicted octanol–water partition coefficient (Wildman–Crippen LogP) is 3.15. The van der Waals surface area contributed by atoms with Gasteiger partial charge in [-0.1, -0.05) is 6.07 Å². The summed E-state index contributed by atoms with van der Waals surface area (Å²) in [6.45, 7) is 5.36. The molecule has 0 unspecified atom stereocenters. The molecule has 2 rings (SSSR count). The van der Waals surface area contributed by atoms with Crippen molar-refractivity contribution in [1.82, 2.24) is 4.98 Å². The molecular weight excluding hydrogens is 354 g/mol. The molecule has 112 valence electrons. The van der Waals surface area contributed by atoms with E-state index in [4.69, 9.17) is 5.73 Å². The Morgan fingerprint density at radius 2 is 1.86 bits per heavy atom. The van der Waals surface area contributed by atoms with Gasteiger partial charge in [0.15, 0.2) is 0 Å². The van der Waals surface area contributed by atoms with Crippen LogP contribution in [-0.2, 0) is 10.0 Å². The number of nitrogens with zero attached hydrogens (tertiary/aromatic N) is 1. The summed E-state index contributed by atoms with van der Waals surface area (Å²) < 4.78 is 28.5. The SMILES string of the molecule is Cc1cc(Br)cnc1NS(=O)(=O)c1c(N)ccc(C)c1C. The highest BCUT2D eigenvalue weighted by molar-refractivity contribution is 9.10. The number of nitrogens with one attached hydrogen (secondary N) is 1. The number of benzene rings is 1. The molecule has 0 amide bonds. The van der Waals surface area contributed by atoms with Crippen molar-refractivity contribution in [2.75, 3.05) is 10.5 Å². The van der Waals surface area contributed by atoms with Gasteiger partial charge in [-0.25, -0.2) is 13.4 Å². The average Bonchev–Trinajstić information content (AvgIpc) is 2.37. The van der Waals surface area contributed by atoms with Gasteiger partial charge in [0.2, 0.25) is 0 Å².